The van der Waals surface area contributed by atoms with Crippen molar-refractivity contribution in [2.75, 3.05) is 13.1 Å². The van der Waals surface area contributed by atoms with Gasteiger partial charge in [-0.15, -0.1) is 0 Å². The number of carbonyl (C=O) groups is 1. The van der Waals surface area contributed by atoms with Crippen molar-refractivity contribution >= 4 is 5.91 Å². The van der Waals surface area contributed by atoms with Gasteiger partial charge < -0.3 is 10.0 Å². The van der Waals surface area contributed by atoms with Gasteiger partial charge in [0.15, 0.2) is 0 Å². The standard InChI is InChI=1S/C10H19NO2/c1-10(2,13)6-8-11-7-4-3-5-9(11)12/h13H,3-8H2,1-2H3. The molecule has 0 radical (unpaired) electrons. The fourth-order valence-electron chi connectivity index (χ4n) is 1.51. The number of piperidine rings is 1. The summed E-state index contributed by atoms with van der Waals surface area (Å²) < 4.78 is 0. The van der Waals surface area contributed by atoms with Crippen molar-refractivity contribution in [1.82, 2.24) is 4.90 Å². The molecule has 1 amide bonds. The highest BCUT2D eigenvalue weighted by atomic mass is 16.3. The molecule has 3 nitrogen and oxygen atoms in total. The molecule has 0 aliphatic carbocycles. The number of amides is 1. The van der Waals surface area contributed by atoms with Crippen LogP contribution in [0, 0.1) is 0 Å². The fraction of sp³-hybridized carbons (Fsp3) is 0.900. The minimum atomic E-state index is -0.655. The summed E-state index contributed by atoms with van der Waals surface area (Å²) in [5.41, 5.74) is -0.655. The Morgan fingerprint density at radius 3 is 2.69 bits per heavy atom. The summed E-state index contributed by atoms with van der Waals surface area (Å²) in [6, 6.07) is 0. The van der Waals surface area contributed by atoms with E-state index in [2.05, 4.69) is 0 Å². The van der Waals surface area contributed by atoms with Gasteiger partial charge in [-0.3, -0.25) is 4.79 Å². The van der Waals surface area contributed by atoms with E-state index in [4.69, 9.17) is 0 Å². The van der Waals surface area contributed by atoms with Crippen molar-refractivity contribution in [2.24, 2.45) is 0 Å². The number of hydrogen-bond acceptors (Lipinski definition) is 2. The maximum absolute atomic E-state index is 11.4. The third-order valence-electron chi connectivity index (χ3n) is 2.41. The zero-order valence-corrected chi connectivity index (χ0v) is 8.55. The van der Waals surface area contributed by atoms with E-state index in [0.717, 1.165) is 19.4 Å². The van der Waals surface area contributed by atoms with Crippen LogP contribution in [0.1, 0.15) is 39.5 Å². The molecule has 0 atom stereocenters. The maximum Gasteiger partial charge on any atom is 0.222 e. The van der Waals surface area contributed by atoms with E-state index in [1.54, 1.807) is 13.8 Å². The van der Waals surface area contributed by atoms with Crippen LogP contribution in [0.15, 0.2) is 0 Å². The van der Waals surface area contributed by atoms with Gasteiger partial charge in [0.25, 0.3) is 0 Å². The summed E-state index contributed by atoms with van der Waals surface area (Å²) in [4.78, 5) is 13.2. The highest BCUT2D eigenvalue weighted by molar-refractivity contribution is 5.76. The Bertz CT molecular complexity index is 184. The third-order valence-corrected chi connectivity index (χ3v) is 2.41. The molecule has 0 saturated carbocycles. The van der Waals surface area contributed by atoms with Crippen molar-refractivity contribution in [2.45, 2.75) is 45.1 Å². The van der Waals surface area contributed by atoms with Crippen molar-refractivity contribution in [3.63, 3.8) is 0 Å². The molecular formula is C10H19NO2. The van der Waals surface area contributed by atoms with E-state index in [9.17, 15) is 9.90 Å². The van der Waals surface area contributed by atoms with E-state index >= 15 is 0 Å². The Hall–Kier alpha value is -0.570. The van der Waals surface area contributed by atoms with Crippen LogP contribution in [0.2, 0.25) is 0 Å². The average Bonchev–Trinajstić information content (AvgIpc) is 2.01. The van der Waals surface area contributed by atoms with Crippen LogP contribution in [0.3, 0.4) is 0 Å². The van der Waals surface area contributed by atoms with Crippen molar-refractivity contribution < 1.29 is 9.90 Å². The first-order valence-electron chi connectivity index (χ1n) is 4.99. The van der Waals surface area contributed by atoms with E-state index < -0.39 is 5.60 Å². The summed E-state index contributed by atoms with van der Waals surface area (Å²) in [5.74, 6) is 0.246. The number of likely N-dealkylation sites (tertiary alicyclic amines) is 1. The number of nitrogens with zero attached hydrogens (tertiary/aromatic N) is 1. The van der Waals surface area contributed by atoms with Gasteiger partial charge in [-0.1, -0.05) is 0 Å². The van der Waals surface area contributed by atoms with Crippen LogP contribution in [0.4, 0.5) is 0 Å². The highest BCUT2D eigenvalue weighted by Crippen LogP contribution is 2.14. The molecule has 0 aromatic carbocycles. The number of hydrogen-bond donors (Lipinski definition) is 1. The first-order valence-corrected chi connectivity index (χ1v) is 4.99. The van der Waals surface area contributed by atoms with E-state index in [1.165, 1.54) is 0 Å². The summed E-state index contributed by atoms with van der Waals surface area (Å²) in [6.45, 7) is 5.13. The zero-order chi connectivity index (χ0) is 9.90. The Morgan fingerprint density at radius 1 is 1.46 bits per heavy atom. The van der Waals surface area contributed by atoms with Crippen LogP contribution >= 0.6 is 0 Å². The Morgan fingerprint density at radius 2 is 2.15 bits per heavy atom. The lowest BCUT2D eigenvalue weighted by atomic mass is 10.0. The van der Waals surface area contributed by atoms with Gasteiger partial charge in [0, 0.05) is 19.5 Å². The monoisotopic (exact) mass is 185 g/mol. The minimum absolute atomic E-state index is 0.246. The van der Waals surface area contributed by atoms with E-state index in [1.807, 2.05) is 4.90 Å². The predicted octanol–water partition coefficient (Wildman–Crippen LogP) is 1.16. The van der Waals surface area contributed by atoms with Crippen LogP contribution in [-0.2, 0) is 4.79 Å². The lowest BCUT2D eigenvalue weighted by Crippen LogP contribution is -2.38. The van der Waals surface area contributed by atoms with Crippen LogP contribution in [-0.4, -0.2) is 34.6 Å². The second-order valence-electron chi connectivity index (χ2n) is 4.40. The first-order chi connectivity index (χ1) is 5.99. The van der Waals surface area contributed by atoms with Gasteiger partial charge in [0.05, 0.1) is 5.60 Å². The summed E-state index contributed by atoms with van der Waals surface area (Å²) >= 11 is 0. The van der Waals surface area contributed by atoms with Crippen LogP contribution in [0.25, 0.3) is 0 Å². The molecule has 0 aromatic heterocycles. The second-order valence-corrected chi connectivity index (χ2v) is 4.40. The largest absolute Gasteiger partial charge is 0.390 e. The Kier molecular flexibility index (Phi) is 3.31. The molecule has 0 aromatic rings. The minimum Gasteiger partial charge on any atom is -0.390 e. The molecule has 3 heteroatoms. The van der Waals surface area contributed by atoms with Crippen LogP contribution < -0.4 is 0 Å². The molecule has 76 valence electrons. The molecule has 0 bridgehead atoms. The SMILES string of the molecule is CC(C)(O)CCN1CCCCC1=O. The highest BCUT2D eigenvalue weighted by Gasteiger charge is 2.20. The first kappa shape index (κ1) is 10.5. The number of rotatable bonds is 3. The third kappa shape index (κ3) is 3.77. The zero-order valence-electron chi connectivity index (χ0n) is 8.55. The predicted molar refractivity (Wildman–Crippen MR) is 51.3 cm³/mol. The van der Waals surface area contributed by atoms with Gasteiger partial charge >= 0.3 is 0 Å². The van der Waals surface area contributed by atoms with E-state index in [-0.39, 0.29) is 5.91 Å². The summed E-state index contributed by atoms with van der Waals surface area (Å²) in [5, 5.41) is 9.50. The normalized spacial score (nSPS) is 19.3. The van der Waals surface area contributed by atoms with Gasteiger partial charge in [-0.25, -0.2) is 0 Å². The van der Waals surface area contributed by atoms with Crippen molar-refractivity contribution in [1.29, 1.82) is 0 Å². The van der Waals surface area contributed by atoms with Gasteiger partial charge in [0.2, 0.25) is 5.91 Å². The molecule has 1 aliphatic rings. The van der Waals surface area contributed by atoms with Gasteiger partial charge in [-0.2, -0.15) is 0 Å². The molecular weight excluding hydrogens is 166 g/mol. The van der Waals surface area contributed by atoms with Crippen molar-refractivity contribution in [3.8, 4) is 0 Å². The molecule has 1 N–H and O–H groups in total. The fourth-order valence-corrected chi connectivity index (χ4v) is 1.51. The van der Waals surface area contributed by atoms with E-state index in [0.29, 0.717) is 19.4 Å². The Labute approximate surface area is 79.7 Å². The lowest BCUT2D eigenvalue weighted by molar-refractivity contribution is -0.133. The van der Waals surface area contributed by atoms with Gasteiger partial charge in [-0.05, 0) is 33.1 Å². The molecule has 1 aliphatic heterocycles. The van der Waals surface area contributed by atoms with Gasteiger partial charge in [0.1, 0.15) is 0 Å². The topological polar surface area (TPSA) is 40.5 Å². The quantitative estimate of drug-likeness (QED) is 0.716. The summed E-state index contributed by atoms with van der Waals surface area (Å²) in [6.07, 6.45) is 3.49. The molecule has 0 unspecified atom stereocenters. The molecule has 0 spiro atoms. The molecule has 1 fully saturated rings. The lowest BCUT2D eigenvalue weighted by Gasteiger charge is -2.29. The molecule has 1 saturated heterocycles. The van der Waals surface area contributed by atoms with Crippen LogP contribution in [0.5, 0.6) is 0 Å². The molecule has 13 heavy (non-hydrogen) atoms. The maximum atomic E-state index is 11.4. The number of aliphatic hydroxyl groups is 1. The number of carbonyl (C=O) groups excluding carboxylic acids is 1. The second kappa shape index (κ2) is 4.09. The molecule has 1 rings (SSSR count). The average molecular weight is 185 g/mol. The smallest absolute Gasteiger partial charge is 0.222 e. The molecule has 1 heterocycles. The summed E-state index contributed by atoms with van der Waals surface area (Å²) in [7, 11) is 0. The van der Waals surface area contributed by atoms with Crippen molar-refractivity contribution in [3.05, 3.63) is 0 Å². The Balaban J connectivity index is 2.31.